The number of amides is 2. The molecule has 3 rings (SSSR count). The lowest BCUT2D eigenvalue weighted by Gasteiger charge is -2.16. The summed E-state index contributed by atoms with van der Waals surface area (Å²) < 4.78 is 13.2. The van der Waals surface area contributed by atoms with Gasteiger partial charge in [-0.2, -0.15) is 0 Å². The predicted molar refractivity (Wildman–Crippen MR) is 91.5 cm³/mol. The number of aryl methyl sites for hydroxylation is 1. The fourth-order valence-electron chi connectivity index (χ4n) is 2.48. The standard InChI is InChI=1S/C18H16ClFN2O2/c1-11-3-2-4-12(9-11)21-16(23)18(7-8-18)17(24)22-13-5-6-15(20)14(19)10-13/h2-6,9-10H,7-8H2,1H3,(H,21,23)(H,22,24). The summed E-state index contributed by atoms with van der Waals surface area (Å²) in [7, 11) is 0. The largest absolute Gasteiger partial charge is 0.325 e. The van der Waals surface area contributed by atoms with Crippen LogP contribution < -0.4 is 10.6 Å². The van der Waals surface area contributed by atoms with Gasteiger partial charge in [-0.05, 0) is 55.7 Å². The first-order valence-corrected chi connectivity index (χ1v) is 7.93. The molecule has 24 heavy (non-hydrogen) atoms. The van der Waals surface area contributed by atoms with Crippen LogP contribution in [0.5, 0.6) is 0 Å². The summed E-state index contributed by atoms with van der Waals surface area (Å²) in [6.07, 6.45) is 0.955. The van der Waals surface area contributed by atoms with Crippen LogP contribution in [0.25, 0.3) is 0 Å². The Kier molecular flexibility index (Phi) is 4.28. The molecular formula is C18H16ClFN2O2. The summed E-state index contributed by atoms with van der Waals surface area (Å²) in [4.78, 5) is 25.0. The van der Waals surface area contributed by atoms with Crippen LogP contribution in [0.15, 0.2) is 42.5 Å². The lowest BCUT2D eigenvalue weighted by Crippen LogP contribution is -2.35. The van der Waals surface area contributed by atoms with Gasteiger partial charge in [0.05, 0.1) is 5.02 Å². The van der Waals surface area contributed by atoms with Gasteiger partial charge in [0.15, 0.2) is 0 Å². The van der Waals surface area contributed by atoms with Crippen molar-refractivity contribution in [2.75, 3.05) is 10.6 Å². The fourth-order valence-corrected chi connectivity index (χ4v) is 2.66. The third kappa shape index (κ3) is 3.26. The zero-order valence-electron chi connectivity index (χ0n) is 13.0. The van der Waals surface area contributed by atoms with Gasteiger partial charge in [-0.3, -0.25) is 9.59 Å². The highest BCUT2D eigenvalue weighted by molar-refractivity contribution is 6.31. The van der Waals surface area contributed by atoms with E-state index < -0.39 is 17.1 Å². The van der Waals surface area contributed by atoms with Gasteiger partial charge in [-0.15, -0.1) is 0 Å². The van der Waals surface area contributed by atoms with Crippen molar-refractivity contribution in [3.63, 3.8) is 0 Å². The summed E-state index contributed by atoms with van der Waals surface area (Å²) in [5.41, 5.74) is 0.956. The van der Waals surface area contributed by atoms with Crippen LogP contribution in [-0.4, -0.2) is 11.8 Å². The Bertz CT molecular complexity index is 818. The lowest BCUT2D eigenvalue weighted by atomic mass is 10.0. The average molecular weight is 347 g/mol. The van der Waals surface area contributed by atoms with E-state index in [-0.39, 0.29) is 10.9 Å². The normalized spacial score (nSPS) is 14.8. The maximum atomic E-state index is 13.2. The maximum Gasteiger partial charge on any atom is 0.240 e. The molecule has 0 unspecified atom stereocenters. The molecular weight excluding hydrogens is 331 g/mol. The first-order valence-electron chi connectivity index (χ1n) is 7.55. The molecule has 0 heterocycles. The first kappa shape index (κ1) is 16.5. The van der Waals surface area contributed by atoms with Gasteiger partial charge in [0, 0.05) is 11.4 Å². The van der Waals surface area contributed by atoms with Crippen molar-refractivity contribution in [2.24, 2.45) is 5.41 Å². The molecule has 0 radical (unpaired) electrons. The van der Waals surface area contributed by atoms with Crippen LogP contribution in [0.4, 0.5) is 15.8 Å². The number of anilines is 2. The number of carbonyl (C=O) groups is 2. The van der Waals surface area contributed by atoms with Crippen LogP contribution in [0.3, 0.4) is 0 Å². The monoisotopic (exact) mass is 346 g/mol. The second-order valence-corrected chi connectivity index (χ2v) is 6.40. The molecule has 2 N–H and O–H groups in total. The van der Waals surface area contributed by atoms with E-state index in [0.717, 1.165) is 5.56 Å². The van der Waals surface area contributed by atoms with E-state index in [4.69, 9.17) is 11.6 Å². The average Bonchev–Trinajstić information content (AvgIpc) is 3.33. The number of hydrogen-bond donors (Lipinski definition) is 2. The molecule has 0 spiro atoms. The summed E-state index contributed by atoms with van der Waals surface area (Å²) in [5, 5.41) is 5.35. The van der Waals surface area contributed by atoms with Crippen molar-refractivity contribution in [2.45, 2.75) is 19.8 Å². The van der Waals surface area contributed by atoms with Crippen molar-refractivity contribution in [1.82, 2.24) is 0 Å². The van der Waals surface area contributed by atoms with Gasteiger partial charge in [0.25, 0.3) is 0 Å². The van der Waals surface area contributed by atoms with Crippen molar-refractivity contribution in [3.05, 3.63) is 58.9 Å². The smallest absolute Gasteiger partial charge is 0.240 e. The molecule has 0 aliphatic heterocycles. The van der Waals surface area contributed by atoms with E-state index in [1.165, 1.54) is 18.2 Å². The van der Waals surface area contributed by atoms with Gasteiger partial charge in [0.1, 0.15) is 11.2 Å². The van der Waals surface area contributed by atoms with Crippen molar-refractivity contribution in [3.8, 4) is 0 Å². The van der Waals surface area contributed by atoms with Crippen LogP contribution in [0, 0.1) is 18.2 Å². The van der Waals surface area contributed by atoms with E-state index in [9.17, 15) is 14.0 Å². The second kappa shape index (κ2) is 6.24. The van der Waals surface area contributed by atoms with E-state index in [1.54, 1.807) is 6.07 Å². The minimum atomic E-state index is -1.08. The van der Waals surface area contributed by atoms with Crippen LogP contribution in [0.1, 0.15) is 18.4 Å². The summed E-state index contributed by atoms with van der Waals surface area (Å²) >= 11 is 5.71. The topological polar surface area (TPSA) is 58.2 Å². The van der Waals surface area contributed by atoms with E-state index in [0.29, 0.717) is 24.2 Å². The van der Waals surface area contributed by atoms with E-state index in [1.807, 2.05) is 25.1 Å². The molecule has 0 atom stereocenters. The third-order valence-corrected chi connectivity index (χ3v) is 4.36. The zero-order valence-corrected chi connectivity index (χ0v) is 13.8. The van der Waals surface area contributed by atoms with Crippen molar-refractivity contribution < 1.29 is 14.0 Å². The predicted octanol–water partition coefficient (Wildman–Crippen LogP) is 4.14. The summed E-state index contributed by atoms with van der Waals surface area (Å²) in [6.45, 7) is 1.92. The number of benzene rings is 2. The van der Waals surface area contributed by atoms with E-state index in [2.05, 4.69) is 10.6 Å². The van der Waals surface area contributed by atoms with Crippen LogP contribution >= 0.6 is 11.6 Å². The fraction of sp³-hybridized carbons (Fsp3) is 0.222. The van der Waals surface area contributed by atoms with Crippen molar-refractivity contribution in [1.29, 1.82) is 0 Å². The molecule has 0 aromatic heterocycles. The third-order valence-electron chi connectivity index (χ3n) is 4.07. The summed E-state index contributed by atoms with van der Waals surface area (Å²) in [5.74, 6) is -1.30. The molecule has 4 nitrogen and oxygen atoms in total. The highest BCUT2D eigenvalue weighted by Gasteiger charge is 2.56. The Labute approximate surface area is 144 Å². The molecule has 2 aromatic rings. The molecule has 1 fully saturated rings. The molecule has 6 heteroatoms. The number of nitrogens with one attached hydrogen (secondary N) is 2. The Morgan fingerprint density at radius 1 is 1.04 bits per heavy atom. The van der Waals surface area contributed by atoms with Crippen LogP contribution in [0.2, 0.25) is 5.02 Å². The maximum absolute atomic E-state index is 13.2. The van der Waals surface area contributed by atoms with E-state index >= 15 is 0 Å². The quantitative estimate of drug-likeness (QED) is 0.817. The number of rotatable bonds is 4. The Morgan fingerprint density at radius 3 is 2.21 bits per heavy atom. The Balaban J connectivity index is 1.71. The van der Waals surface area contributed by atoms with Gasteiger partial charge in [-0.1, -0.05) is 23.7 Å². The van der Waals surface area contributed by atoms with Crippen LogP contribution in [-0.2, 0) is 9.59 Å². The lowest BCUT2D eigenvalue weighted by molar-refractivity contribution is -0.131. The Hall–Kier alpha value is -2.40. The minimum Gasteiger partial charge on any atom is -0.325 e. The first-order chi connectivity index (χ1) is 11.4. The SMILES string of the molecule is Cc1cccc(NC(=O)C2(C(=O)Nc3ccc(F)c(Cl)c3)CC2)c1. The second-order valence-electron chi connectivity index (χ2n) is 5.99. The number of halogens is 2. The molecule has 1 aliphatic rings. The van der Waals surface area contributed by atoms with Gasteiger partial charge in [-0.25, -0.2) is 4.39 Å². The van der Waals surface area contributed by atoms with Gasteiger partial charge >= 0.3 is 0 Å². The zero-order chi connectivity index (χ0) is 17.3. The molecule has 0 bridgehead atoms. The number of hydrogen-bond acceptors (Lipinski definition) is 2. The molecule has 2 amide bonds. The highest BCUT2D eigenvalue weighted by atomic mass is 35.5. The molecule has 1 aliphatic carbocycles. The molecule has 2 aromatic carbocycles. The van der Waals surface area contributed by atoms with Gasteiger partial charge in [0.2, 0.25) is 11.8 Å². The minimum absolute atomic E-state index is 0.0816. The molecule has 1 saturated carbocycles. The molecule has 124 valence electrons. The highest BCUT2D eigenvalue weighted by Crippen LogP contribution is 2.47. The van der Waals surface area contributed by atoms with Crippen molar-refractivity contribution >= 4 is 34.8 Å². The molecule has 0 saturated heterocycles. The Morgan fingerprint density at radius 2 is 1.67 bits per heavy atom. The summed E-state index contributed by atoms with van der Waals surface area (Å²) in [6, 6.07) is 11.3. The number of carbonyl (C=O) groups excluding carboxylic acids is 2. The van der Waals surface area contributed by atoms with Gasteiger partial charge < -0.3 is 10.6 Å².